The number of aliphatic hydroxyl groups is 1. The van der Waals surface area contributed by atoms with Crippen LogP contribution in [0.2, 0.25) is 5.02 Å². The number of imidazole rings is 1. The standard InChI is InChI=1S/C29H31ClF2N5O2PS/c1-16(18-4-7-21(30)8-5-18)26(13-33)37(34)25-10-19(20-11-27(40)22(15-38)28(12-20)41(3)39)6-9-24(25)36-14-23(29(31)32)35-17(36)2/h4-14,16,29,38H,15,33-34,40H2,1-3H3/b26-13-. The molecule has 5 N–H and O–H groups in total. The first-order valence-electron chi connectivity index (χ1n) is 12.5. The molecule has 3 atom stereocenters. The van der Waals surface area contributed by atoms with Gasteiger partial charge >= 0.3 is 0 Å². The molecule has 1 heterocycles. The second-order valence-corrected chi connectivity index (χ2v) is 11.9. The van der Waals surface area contributed by atoms with Gasteiger partial charge in [-0.2, -0.15) is 0 Å². The number of halogens is 3. The minimum absolute atomic E-state index is 0.254. The monoisotopic (exact) mass is 617 g/mol. The van der Waals surface area contributed by atoms with E-state index in [2.05, 4.69) is 14.2 Å². The van der Waals surface area contributed by atoms with E-state index in [9.17, 15) is 18.1 Å². The van der Waals surface area contributed by atoms with Crippen LogP contribution in [0.4, 0.5) is 14.5 Å². The number of hydrogen-bond acceptors (Lipinski definition) is 6. The molecule has 0 radical (unpaired) electrons. The van der Waals surface area contributed by atoms with Crippen LogP contribution in [0.1, 0.15) is 41.9 Å². The highest BCUT2D eigenvalue weighted by atomic mass is 35.5. The molecule has 0 amide bonds. The van der Waals surface area contributed by atoms with Crippen LogP contribution < -0.4 is 21.9 Å². The van der Waals surface area contributed by atoms with E-state index in [1.165, 1.54) is 17.4 Å². The number of aliphatic hydroxyl groups excluding tert-OH is 1. The number of alkyl halides is 2. The number of hydrazine groups is 1. The smallest absolute Gasteiger partial charge is 0.281 e. The van der Waals surface area contributed by atoms with Crippen LogP contribution in [-0.4, -0.2) is 25.1 Å². The SMILES string of the molecule is Cc1nc(C(F)F)cn1-c1ccc(-c2cc(P)c(CO)c(S(C)=O)c2)cc1N(N)/C(=C\N)C(C)c1ccc(Cl)cc1. The number of benzene rings is 3. The molecular weight excluding hydrogens is 587 g/mol. The van der Waals surface area contributed by atoms with E-state index in [4.69, 9.17) is 23.2 Å². The average Bonchev–Trinajstić information content (AvgIpc) is 3.34. The summed E-state index contributed by atoms with van der Waals surface area (Å²) >= 11 is 6.08. The van der Waals surface area contributed by atoms with Crippen molar-refractivity contribution in [3.8, 4) is 16.8 Å². The molecule has 3 unspecified atom stereocenters. The first-order valence-corrected chi connectivity index (χ1v) is 15.1. The summed E-state index contributed by atoms with van der Waals surface area (Å²) in [5.41, 5.74) is 10.2. The number of allylic oxidation sites excluding steroid dienone is 1. The van der Waals surface area contributed by atoms with Crippen molar-refractivity contribution < 1.29 is 18.1 Å². The van der Waals surface area contributed by atoms with Crippen molar-refractivity contribution in [3.63, 3.8) is 0 Å². The van der Waals surface area contributed by atoms with Gasteiger partial charge in [-0.15, -0.1) is 9.24 Å². The topological polar surface area (TPSA) is 110 Å². The lowest BCUT2D eigenvalue weighted by atomic mass is 9.96. The van der Waals surface area contributed by atoms with Crippen molar-refractivity contribution in [3.05, 3.63) is 100 Å². The van der Waals surface area contributed by atoms with E-state index >= 15 is 0 Å². The summed E-state index contributed by atoms with van der Waals surface area (Å²) in [5, 5.41) is 12.6. The van der Waals surface area contributed by atoms with Crippen LogP contribution in [0.15, 0.2) is 77.6 Å². The predicted octanol–water partition coefficient (Wildman–Crippen LogP) is 5.45. The summed E-state index contributed by atoms with van der Waals surface area (Å²) in [5.74, 6) is 6.87. The van der Waals surface area contributed by atoms with Gasteiger partial charge in [-0.1, -0.05) is 36.7 Å². The lowest BCUT2D eigenvalue weighted by molar-refractivity contribution is 0.146. The molecule has 0 spiro atoms. The Morgan fingerprint density at radius 3 is 2.44 bits per heavy atom. The van der Waals surface area contributed by atoms with E-state index < -0.39 is 17.2 Å². The van der Waals surface area contributed by atoms with Gasteiger partial charge in [-0.25, -0.2) is 19.6 Å². The van der Waals surface area contributed by atoms with Crippen molar-refractivity contribution in [2.45, 2.75) is 37.7 Å². The molecule has 4 rings (SSSR count). The van der Waals surface area contributed by atoms with Gasteiger partial charge in [0.25, 0.3) is 6.43 Å². The van der Waals surface area contributed by atoms with E-state index in [0.29, 0.717) is 43.7 Å². The molecule has 4 aromatic rings. The second kappa shape index (κ2) is 12.8. The van der Waals surface area contributed by atoms with Crippen LogP contribution in [0.3, 0.4) is 0 Å². The zero-order valence-electron chi connectivity index (χ0n) is 22.7. The van der Waals surface area contributed by atoms with Gasteiger partial charge in [-0.05, 0) is 65.3 Å². The Labute approximate surface area is 247 Å². The molecule has 0 aliphatic carbocycles. The normalized spacial score (nSPS) is 13.5. The largest absolute Gasteiger partial charge is 0.403 e. The van der Waals surface area contributed by atoms with Crippen LogP contribution in [0.25, 0.3) is 16.8 Å². The van der Waals surface area contributed by atoms with Crippen LogP contribution in [0, 0.1) is 6.92 Å². The Morgan fingerprint density at radius 1 is 1.20 bits per heavy atom. The molecule has 0 aliphatic rings. The minimum atomic E-state index is -2.74. The van der Waals surface area contributed by atoms with Crippen molar-refractivity contribution in [2.75, 3.05) is 11.3 Å². The van der Waals surface area contributed by atoms with Gasteiger partial charge in [0.15, 0.2) is 0 Å². The van der Waals surface area contributed by atoms with Gasteiger partial charge in [0, 0.05) is 40.1 Å². The van der Waals surface area contributed by atoms with E-state index in [-0.39, 0.29) is 18.2 Å². The zero-order valence-corrected chi connectivity index (χ0v) is 25.4. The third kappa shape index (κ3) is 6.37. The fraction of sp³-hybridized carbons (Fsp3) is 0.207. The van der Waals surface area contributed by atoms with Gasteiger partial charge in [0.2, 0.25) is 0 Å². The Balaban J connectivity index is 1.91. The number of nitrogens with two attached hydrogens (primary N) is 2. The summed E-state index contributed by atoms with van der Waals surface area (Å²) in [6, 6.07) is 16.3. The lowest BCUT2D eigenvalue weighted by Crippen LogP contribution is -2.34. The summed E-state index contributed by atoms with van der Waals surface area (Å²) < 4.78 is 41.1. The molecule has 12 heteroatoms. The maximum absolute atomic E-state index is 13.5. The first-order chi connectivity index (χ1) is 19.5. The third-order valence-electron chi connectivity index (χ3n) is 6.93. The van der Waals surface area contributed by atoms with Crippen molar-refractivity contribution in [1.29, 1.82) is 0 Å². The molecule has 216 valence electrons. The number of aryl methyl sites for hydroxylation is 1. The quantitative estimate of drug-likeness (QED) is 0.131. The minimum Gasteiger partial charge on any atom is -0.403 e. The number of anilines is 1. The number of hydrogen-bond donors (Lipinski definition) is 3. The molecular formula is C29H31ClF2N5O2PS. The van der Waals surface area contributed by atoms with Crippen LogP contribution in [0.5, 0.6) is 0 Å². The summed E-state index contributed by atoms with van der Waals surface area (Å²) in [7, 11) is 1.22. The summed E-state index contributed by atoms with van der Waals surface area (Å²) in [6.45, 7) is 3.33. The fourth-order valence-corrected chi connectivity index (χ4v) is 6.18. The van der Waals surface area contributed by atoms with E-state index in [0.717, 1.165) is 16.7 Å². The third-order valence-corrected chi connectivity index (χ3v) is 8.68. The van der Waals surface area contributed by atoms with Crippen LogP contribution >= 0.6 is 20.8 Å². The highest BCUT2D eigenvalue weighted by Crippen LogP contribution is 2.36. The predicted molar refractivity (Wildman–Crippen MR) is 165 cm³/mol. The van der Waals surface area contributed by atoms with Gasteiger partial charge in [0.1, 0.15) is 11.5 Å². The first kappa shape index (κ1) is 30.8. The zero-order chi connectivity index (χ0) is 30.0. The van der Waals surface area contributed by atoms with Crippen molar-refractivity contribution in [1.82, 2.24) is 9.55 Å². The van der Waals surface area contributed by atoms with Crippen LogP contribution in [-0.2, 0) is 17.4 Å². The molecule has 41 heavy (non-hydrogen) atoms. The highest BCUT2D eigenvalue weighted by molar-refractivity contribution is 7.84. The van der Waals surface area contributed by atoms with Gasteiger partial charge < -0.3 is 15.4 Å². The van der Waals surface area contributed by atoms with Gasteiger partial charge in [0.05, 0.1) is 34.5 Å². The molecule has 7 nitrogen and oxygen atoms in total. The van der Waals surface area contributed by atoms with Crippen molar-refractivity contribution in [2.24, 2.45) is 11.6 Å². The van der Waals surface area contributed by atoms with Gasteiger partial charge in [-0.3, -0.25) is 9.22 Å². The maximum Gasteiger partial charge on any atom is 0.281 e. The number of rotatable bonds is 9. The molecule has 0 saturated heterocycles. The number of aromatic nitrogens is 2. The van der Waals surface area contributed by atoms with Crippen molar-refractivity contribution >= 4 is 42.6 Å². The molecule has 0 aliphatic heterocycles. The Morgan fingerprint density at radius 2 is 1.88 bits per heavy atom. The maximum atomic E-state index is 13.5. The molecule has 1 aromatic heterocycles. The molecule has 3 aromatic carbocycles. The Hall–Kier alpha value is -3.14. The summed E-state index contributed by atoms with van der Waals surface area (Å²) in [4.78, 5) is 4.54. The Bertz CT molecular complexity index is 1630. The highest BCUT2D eigenvalue weighted by Gasteiger charge is 2.23. The van der Waals surface area contributed by atoms with E-state index in [1.807, 2.05) is 37.3 Å². The average molecular weight is 618 g/mol. The molecule has 0 bridgehead atoms. The fourth-order valence-electron chi connectivity index (χ4n) is 4.70. The van der Waals surface area contributed by atoms with E-state index in [1.54, 1.807) is 42.0 Å². The molecule has 0 fully saturated rings. The lowest BCUT2D eigenvalue weighted by Gasteiger charge is -2.29. The summed E-state index contributed by atoms with van der Waals surface area (Å²) in [6.07, 6.45) is 1.51. The Kier molecular flexibility index (Phi) is 9.62. The number of nitrogens with zero attached hydrogens (tertiary/aromatic N) is 3. The molecule has 0 saturated carbocycles. The second-order valence-electron chi connectivity index (χ2n) is 9.48.